The van der Waals surface area contributed by atoms with Gasteiger partial charge in [0.1, 0.15) is 0 Å². The van der Waals surface area contributed by atoms with Crippen molar-refractivity contribution in [1.82, 2.24) is 9.47 Å². The molecule has 0 saturated heterocycles. The Bertz CT molecular complexity index is 1040. The number of anilines is 1. The maximum atomic E-state index is 13.6. The lowest BCUT2D eigenvalue weighted by molar-refractivity contribution is 0.161. The molecular weight excluding hydrogens is 394 g/mol. The molecule has 1 saturated carbocycles. The lowest BCUT2D eigenvalue weighted by Gasteiger charge is -2.35. The van der Waals surface area contributed by atoms with Gasteiger partial charge in [-0.3, -0.25) is 0 Å². The summed E-state index contributed by atoms with van der Waals surface area (Å²) >= 11 is 0. The predicted molar refractivity (Wildman–Crippen MR) is 132 cm³/mol. The number of rotatable bonds is 6. The lowest BCUT2D eigenvalue weighted by Crippen LogP contribution is -2.44. The van der Waals surface area contributed by atoms with E-state index in [1.54, 1.807) is 0 Å². The highest BCUT2D eigenvalue weighted by atomic mass is 16.2. The summed E-state index contributed by atoms with van der Waals surface area (Å²) in [5.41, 5.74) is 6.93. The molecule has 3 aromatic rings. The summed E-state index contributed by atoms with van der Waals surface area (Å²) in [5, 5.41) is 3.24. The van der Waals surface area contributed by atoms with Crippen molar-refractivity contribution in [3.8, 4) is 0 Å². The van der Waals surface area contributed by atoms with Crippen LogP contribution < -0.4 is 5.32 Å². The first-order chi connectivity index (χ1) is 15.5. The second kappa shape index (κ2) is 10.1. The van der Waals surface area contributed by atoms with E-state index in [1.807, 2.05) is 6.07 Å². The van der Waals surface area contributed by atoms with Gasteiger partial charge in [-0.2, -0.15) is 0 Å². The number of carbonyl (C=O) groups excluding carboxylic acids is 1. The van der Waals surface area contributed by atoms with Crippen molar-refractivity contribution in [1.29, 1.82) is 0 Å². The number of para-hydroxylation sites is 1. The van der Waals surface area contributed by atoms with Crippen molar-refractivity contribution in [2.75, 3.05) is 5.32 Å². The van der Waals surface area contributed by atoms with E-state index < -0.39 is 0 Å². The van der Waals surface area contributed by atoms with Crippen LogP contribution in [0.2, 0.25) is 0 Å². The standard InChI is InChI=1S/C28H35N3O/c1-21-11-7-8-14-24(21)19-30-18-10-17-26(30)20-31(25-15-5-4-6-16-25)28(32)29-27-22(2)12-9-13-23(27)3/h7-14,17-18,25H,4-6,15-16,19-20H2,1-3H3,(H,29,32). The summed E-state index contributed by atoms with van der Waals surface area (Å²) in [5.74, 6) is 0. The molecule has 1 heterocycles. The largest absolute Gasteiger partial charge is 0.345 e. The fourth-order valence-electron chi connectivity index (χ4n) is 4.84. The molecule has 2 aromatic carbocycles. The highest BCUT2D eigenvalue weighted by Crippen LogP contribution is 2.27. The zero-order valence-electron chi connectivity index (χ0n) is 19.6. The van der Waals surface area contributed by atoms with Crippen LogP contribution in [0.5, 0.6) is 0 Å². The van der Waals surface area contributed by atoms with Gasteiger partial charge in [0.2, 0.25) is 0 Å². The van der Waals surface area contributed by atoms with Crippen molar-refractivity contribution >= 4 is 11.7 Å². The number of amides is 2. The maximum absolute atomic E-state index is 13.6. The van der Waals surface area contributed by atoms with Gasteiger partial charge >= 0.3 is 6.03 Å². The molecule has 0 spiro atoms. The molecule has 4 nitrogen and oxygen atoms in total. The smallest absolute Gasteiger partial charge is 0.322 e. The monoisotopic (exact) mass is 429 g/mol. The number of aromatic nitrogens is 1. The van der Waals surface area contributed by atoms with Crippen LogP contribution in [0.25, 0.3) is 0 Å². The third-order valence-electron chi connectivity index (χ3n) is 6.85. The Balaban J connectivity index is 1.57. The van der Waals surface area contributed by atoms with Gasteiger partial charge in [-0.05, 0) is 68.0 Å². The second-order valence-electron chi connectivity index (χ2n) is 9.17. The Labute approximate surface area is 192 Å². The summed E-state index contributed by atoms with van der Waals surface area (Å²) in [7, 11) is 0. The Morgan fingerprint density at radius 1 is 0.906 bits per heavy atom. The molecule has 1 aliphatic carbocycles. The summed E-state index contributed by atoms with van der Waals surface area (Å²) in [6.07, 6.45) is 7.96. The minimum atomic E-state index is 0.0120. The van der Waals surface area contributed by atoms with Gasteiger partial charge in [0, 0.05) is 30.2 Å². The summed E-state index contributed by atoms with van der Waals surface area (Å²) < 4.78 is 2.28. The van der Waals surface area contributed by atoms with E-state index in [1.165, 1.54) is 36.1 Å². The molecule has 32 heavy (non-hydrogen) atoms. The molecule has 0 atom stereocenters. The van der Waals surface area contributed by atoms with Gasteiger partial charge in [0.25, 0.3) is 0 Å². The molecule has 1 fully saturated rings. The fraction of sp³-hybridized carbons (Fsp3) is 0.393. The van der Waals surface area contributed by atoms with Crippen LogP contribution in [-0.4, -0.2) is 21.5 Å². The number of hydrogen-bond donors (Lipinski definition) is 1. The van der Waals surface area contributed by atoms with Gasteiger partial charge in [-0.1, -0.05) is 61.7 Å². The third kappa shape index (κ3) is 5.07. The topological polar surface area (TPSA) is 37.3 Å². The third-order valence-corrected chi connectivity index (χ3v) is 6.85. The first-order valence-electron chi connectivity index (χ1n) is 11.9. The molecule has 0 radical (unpaired) electrons. The van der Waals surface area contributed by atoms with Crippen LogP contribution in [-0.2, 0) is 13.1 Å². The quantitative estimate of drug-likeness (QED) is 0.458. The van der Waals surface area contributed by atoms with Gasteiger partial charge in [0.15, 0.2) is 0 Å². The molecule has 4 heteroatoms. The normalized spacial score (nSPS) is 14.3. The number of nitrogens with one attached hydrogen (secondary N) is 1. The zero-order valence-corrected chi connectivity index (χ0v) is 19.6. The van der Waals surface area contributed by atoms with E-state index in [2.05, 4.69) is 90.3 Å². The number of nitrogens with zero attached hydrogens (tertiary/aromatic N) is 2. The van der Waals surface area contributed by atoms with Gasteiger partial charge < -0.3 is 14.8 Å². The minimum Gasteiger partial charge on any atom is -0.345 e. The summed E-state index contributed by atoms with van der Waals surface area (Å²) in [6.45, 7) is 7.72. The van der Waals surface area contributed by atoms with Crippen LogP contribution in [0.1, 0.15) is 60.1 Å². The zero-order chi connectivity index (χ0) is 22.5. The van der Waals surface area contributed by atoms with Crippen LogP contribution in [0.3, 0.4) is 0 Å². The van der Waals surface area contributed by atoms with Crippen molar-refractivity contribution in [3.63, 3.8) is 0 Å². The molecule has 0 aliphatic heterocycles. The fourth-order valence-corrected chi connectivity index (χ4v) is 4.84. The predicted octanol–water partition coefficient (Wildman–Crippen LogP) is 6.83. The Morgan fingerprint density at radius 2 is 1.59 bits per heavy atom. The summed E-state index contributed by atoms with van der Waals surface area (Å²) in [6, 6.07) is 19.2. The van der Waals surface area contributed by atoms with Crippen molar-refractivity contribution < 1.29 is 4.79 Å². The van der Waals surface area contributed by atoms with Gasteiger partial charge in [0.05, 0.1) is 6.54 Å². The number of hydrogen-bond acceptors (Lipinski definition) is 1. The van der Waals surface area contributed by atoms with E-state index in [-0.39, 0.29) is 12.1 Å². The highest BCUT2D eigenvalue weighted by Gasteiger charge is 2.27. The molecule has 168 valence electrons. The van der Waals surface area contributed by atoms with Gasteiger partial charge in [-0.15, -0.1) is 0 Å². The van der Waals surface area contributed by atoms with E-state index in [4.69, 9.17) is 0 Å². The molecule has 0 bridgehead atoms. The van der Waals surface area contributed by atoms with Crippen molar-refractivity contribution in [2.45, 2.75) is 72.0 Å². The highest BCUT2D eigenvalue weighted by molar-refractivity contribution is 5.91. The first kappa shape index (κ1) is 22.2. The molecule has 1 aliphatic rings. The van der Waals surface area contributed by atoms with Crippen LogP contribution in [0.4, 0.5) is 10.5 Å². The van der Waals surface area contributed by atoms with E-state index in [9.17, 15) is 4.79 Å². The Kier molecular flexibility index (Phi) is 6.99. The lowest BCUT2D eigenvalue weighted by atomic mass is 9.94. The number of urea groups is 1. The number of carbonyl (C=O) groups is 1. The van der Waals surface area contributed by atoms with Crippen LogP contribution in [0.15, 0.2) is 60.8 Å². The van der Waals surface area contributed by atoms with Crippen LogP contribution >= 0.6 is 0 Å². The Morgan fingerprint density at radius 3 is 2.31 bits per heavy atom. The van der Waals surface area contributed by atoms with Crippen molar-refractivity contribution in [3.05, 3.63) is 88.7 Å². The second-order valence-corrected chi connectivity index (χ2v) is 9.17. The molecule has 1 aromatic heterocycles. The SMILES string of the molecule is Cc1ccccc1Cn1cccc1CN(C(=O)Nc1c(C)cccc1C)C1CCCCC1. The number of benzene rings is 2. The van der Waals surface area contributed by atoms with Gasteiger partial charge in [-0.25, -0.2) is 4.79 Å². The van der Waals surface area contributed by atoms with E-state index >= 15 is 0 Å². The van der Waals surface area contributed by atoms with E-state index in [0.717, 1.165) is 36.2 Å². The average Bonchev–Trinajstić information content (AvgIpc) is 3.23. The molecule has 4 rings (SSSR count). The Hall–Kier alpha value is -3.01. The molecular formula is C28H35N3O. The average molecular weight is 430 g/mol. The number of aryl methyl sites for hydroxylation is 3. The van der Waals surface area contributed by atoms with E-state index in [0.29, 0.717) is 6.54 Å². The van der Waals surface area contributed by atoms with Crippen LogP contribution in [0, 0.1) is 20.8 Å². The molecule has 2 amide bonds. The first-order valence-corrected chi connectivity index (χ1v) is 11.9. The minimum absolute atomic E-state index is 0.0120. The van der Waals surface area contributed by atoms with Crippen molar-refractivity contribution in [2.24, 2.45) is 0 Å². The summed E-state index contributed by atoms with van der Waals surface area (Å²) in [4.78, 5) is 15.6. The molecule has 0 unspecified atom stereocenters. The maximum Gasteiger partial charge on any atom is 0.322 e. The molecule has 1 N–H and O–H groups in total.